The summed E-state index contributed by atoms with van der Waals surface area (Å²) in [5.41, 5.74) is 0. The van der Waals surface area contributed by atoms with Crippen molar-refractivity contribution in [2.45, 2.75) is 13.0 Å². The fourth-order valence-corrected chi connectivity index (χ4v) is 1.53. The second kappa shape index (κ2) is 10.6. The van der Waals surface area contributed by atoms with Gasteiger partial charge in [0, 0.05) is 47.0 Å². The summed E-state index contributed by atoms with van der Waals surface area (Å²) >= 11 is 0. The Balaban J connectivity index is 2.35. The average Bonchev–Trinajstić information content (AvgIpc) is 3.01. The molecular formula is C13H25N7O2. The van der Waals surface area contributed by atoms with Gasteiger partial charge in [-0.1, -0.05) is 5.21 Å². The third-order valence-electron chi connectivity index (χ3n) is 2.80. The molecule has 0 aromatic carbocycles. The Bertz CT molecular complexity index is 445. The van der Waals surface area contributed by atoms with E-state index in [1.165, 1.54) is 4.90 Å². The number of hydrogen-bond donors (Lipinski definition) is 2. The minimum absolute atomic E-state index is 0.0459. The maximum Gasteiger partial charge on any atom is 0.243 e. The number of hydrogen-bond acceptors (Lipinski definition) is 5. The Morgan fingerprint density at radius 1 is 1.36 bits per heavy atom. The number of carbonyl (C=O) groups is 1. The maximum atomic E-state index is 11.6. The van der Waals surface area contributed by atoms with Crippen LogP contribution in [0.2, 0.25) is 0 Å². The van der Waals surface area contributed by atoms with Gasteiger partial charge in [-0.3, -0.25) is 9.48 Å². The van der Waals surface area contributed by atoms with Crippen molar-refractivity contribution in [3.8, 4) is 0 Å². The zero-order valence-electron chi connectivity index (χ0n) is 13.4. The molecule has 9 heteroatoms. The monoisotopic (exact) mass is 311 g/mol. The van der Waals surface area contributed by atoms with Crippen LogP contribution in [-0.2, 0) is 16.1 Å². The van der Waals surface area contributed by atoms with Gasteiger partial charge in [0.2, 0.25) is 5.91 Å². The molecule has 1 rings (SSSR count). The number of nitrogens with one attached hydrogen (secondary N) is 2. The summed E-state index contributed by atoms with van der Waals surface area (Å²) in [7, 11) is 5.06. The SMILES string of the molecule is COCCNC(=NCC(=O)N(C)C)NCCCn1ccnn1. The van der Waals surface area contributed by atoms with Crippen molar-refractivity contribution < 1.29 is 9.53 Å². The van der Waals surface area contributed by atoms with Crippen LogP contribution in [0.1, 0.15) is 6.42 Å². The lowest BCUT2D eigenvalue weighted by Crippen LogP contribution is -2.40. The largest absolute Gasteiger partial charge is 0.383 e. The maximum absolute atomic E-state index is 11.6. The molecule has 0 spiro atoms. The lowest BCUT2D eigenvalue weighted by molar-refractivity contribution is -0.127. The number of nitrogens with zero attached hydrogens (tertiary/aromatic N) is 5. The van der Waals surface area contributed by atoms with Crippen LogP contribution in [-0.4, -0.2) is 79.2 Å². The minimum atomic E-state index is -0.0459. The van der Waals surface area contributed by atoms with Crippen LogP contribution in [0, 0.1) is 0 Å². The highest BCUT2D eigenvalue weighted by Gasteiger charge is 2.04. The number of guanidine groups is 1. The van der Waals surface area contributed by atoms with Gasteiger partial charge < -0.3 is 20.3 Å². The lowest BCUT2D eigenvalue weighted by Gasteiger charge is -2.13. The molecule has 0 saturated carbocycles. The molecule has 1 aromatic rings. The van der Waals surface area contributed by atoms with E-state index < -0.39 is 0 Å². The van der Waals surface area contributed by atoms with Crippen molar-refractivity contribution in [1.29, 1.82) is 0 Å². The van der Waals surface area contributed by atoms with Crippen LogP contribution >= 0.6 is 0 Å². The fraction of sp³-hybridized carbons (Fsp3) is 0.692. The third kappa shape index (κ3) is 7.58. The van der Waals surface area contributed by atoms with Crippen LogP contribution in [0.4, 0.5) is 0 Å². The van der Waals surface area contributed by atoms with Crippen molar-refractivity contribution in [2.24, 2.45) is 4.99 Å². The molecule has 1 heterocycles. The molecule has 0 aliphatic rings. The van der Waals surface area contributed by atoms with Crippen molar-refractivity contribution in [3.05, 3.63) is 12.4 Å². The first-order valence-corrected chi connectivity index (χ1v) is 7.19. The van der Waals surface area contributed by atoms with Crippen LogP contribution in [0.5, 0.6) is 0 Å². The number of rotatable bonds is 9. The zero-order chi connectivity index (χ0) is 16.2. The van der Waals surface area contributed by atoms with E-state index in [1.807, 2.05) is 6.20 Å². The number of ether oxygens (including phenoxy) is 1. The third-order valence-corrected chi connectivity index (χ3v) is 2.80. The lowest BCUT2D eigenvalue weighted by atomic mass is 10.4. The van der Waals surface area contributed by atoms with E-state index in [2.05, 4.69) is 25.9 Å². The predicted octanol–water partition coefficient (Wildman–Crippen LogP) is -1.06. The molecule has 0 fully saturated rings. The average molecular weight is 311 g/mol. The predicted molar refractivity (Wildman–Crippen MR) is 83.5 cm³/mol. The number of likely N-dealkylation sites (N-methyl/N-ethyl adjacent to an activating group) is 1. The van der Waals surface area contributed by atoms with Crippen LogP contribution in [0.15, 0.2) is 17.4 Å². The van der Waals surface area contributed by atoms with Crippen LogP contribution < -0.4 is 10.6 Å². The number of carbonyl (C=O) groups excluding carboxylic acids is 1. The van der Waals surface area contributed by atoms with Crippen molar-refractivity contribution >= 4 is 11.9 Å². The molecule has 0 aliphatic heterocycles. The molecule has 0 atom stereocenters. The van der Waals surface area contributed by atoms with Crippen LogP contribution in [0.25, 0.3) is 0 Å². The molecule has 0 radical (unpaired) electrons. The summed E-state index contributed by atoms with van der Waals surface area (Å²) in [5.74, 6) is 0.557. The van der Waals surface area contributed by atoms with E-state index in [4.69, 9.17) is 4.74 Å². The second-order valence-corrected chi connectivity index (χ2v) is 4.82. The van der Waals surface area contributed by atoms with E-state index in [9.17, 15) is 4.79 Å². The van der Waals surface area contributed by atoms with Crippen molar-refractivity contribution in [3.63, 3.8) is 0 Å². The van der Waals surface area contributed by atoms with Gasteiger partial charge in [-0.05, 0) is 6.42 Å². The number of aromatic nitrogens is 3. The molecule has 0 unspecified atom stereocenters. The summed E-state index contributed by atoms with van der Waals surface area (Å²) in [5, 5.41) is 14.0. The molecule has 124 valence electrons. The number of amides is 1. The second-order valence-electron chi connectivity index (χ2n) is 4.82. The summed E-state index contributed by atoms with van der Waals surface area (Å²) in [6.07, 6.45) is 4.34. The molecular weight excluding hydrogens is 286 g/mol. The molecule has 22 heavy (non-hydrogen) atoms. The standard InChI is InChI=1S/C13H25N7O2/c1-19(2)12(21)11-16-13(15-7-10-22-3)14-5-4-8-20-9-6-17-18-20/h6,9H,4-5,7-8,10-11H2,1-3H3,(H2,14,15,16). The fourth-order valence-electron chi connectivity index (χ4n) is 1.53. The molecule has 0 aliphatic carbocycles. The first-order valence-electron chi connectivity index (χ1n) is 7.19. The quantitative estimate of drug-likeness (QED) is 0.343. The number of methoxy groups -OCH3 is 1. The van der Waals surface area contributed by atoms with E-state index in [-0.39, 0.29) is 12.5 Å². The Morgan fingerprint density at radius 2 is 2.14 bits per heavy atom. The summed E-state index contributed by atoms with van der Waals surface area (Å²) in [6, 6.07) is 0. The molecule has 1 amide bonds. The Kier molecular flexibility index (Phi) is 8.58. The van der Waals surface area contributed by atoms with Gasteiger partial charge in [0.1, 0.15) is 6.54 Å². The molecule has 1 aromatic heterocycles. The Morgan fingerprint density at radius 3 is 2.77 bits per heavy atom. The number of aryl methyl sites for hydroxylation is 1. The van der Waals surface area contributed by atoms with E-state index in [1.54, 1.807) is 32.1 Å². The highest BCUT2D eigenvalue weighted by Crippen LogP contribution is 1.87. The first-order chi connectivity index (χ1) is 10.6. The van der Waals surface area contributed by atoms with Crippen molar-refractivity contribution in [2.75, 3.05) is 47.4 Å². The van der Waals surface area contributed by atoms with E-state index in [0.29, 0.717) is 19.1 Å². The summed E-state index contributed by atoms with van der Waals surface area (Å²) in [6.45, 7) is 2.80. The molecule has 0 bridgehead atoms. The number of aliphatic imine (C=N–C) groups is 1. The summed E-state index contributed by atoms with van der Waals surface area (Å²) < 4.78 is 6.76. The summed E-state index contributed by atoms with van der Waals surface area (Å²) in [4.78, 5) is 17.4. The Labute approximate surface area is 130 Å². The van der Waals surface area contributed by atoms with Gasteiger partial charge >= 0.3 is 0 Å². The van der Waals surface area contributed by atoms with Crippen molar-refractivity contribution in [1.82, 2.24) is 30.5 Å². The van der Waals surface area contributed by atoms with E-state index in [0.717, 1.165) is 19.5 Å². The van der Waals surface area contributed by atoms with Crippen LogP contribution in [0.3, 0.4) is 0 Å². The van der Waals surface area contributed by atoms with Gasteiger partial charge in [-0.2, -0.15) is 0 Å². The molecule has 9 nitrogen and oxygen atoms in total. The van der Waals surface area contributed by atoms with Gasteiger partial charge in [0.05, 0.1) is 12.8 Å². The van der Waals surface area contributed by atoms with E-state index >= 15 is 0 Å². The first kappa shape index (κ1) is 17.9. The Hall–Kier alpha value is -2.16. The normalized spacial score (nSPS) is 11.3. The zero-order valence-corrected chi connectivity index (χ0v) is 13.4. The van der Waals surface area contributed by atoms with Gasteiger partial charge in [-0.25, -0.2) is 4.99 Å². The molecule has 0 saturated heterocycles. The minimum Gasteiger partial charge on any atom is -0.383 e. The van der Waals surface area contributed by atoms with Gasteiger partial charge in [0.15, 0.2) is 5.96 Å². The van der Waals surface area contributed by atoms with Gasteiger partial charge in [0.25, 0.3) is 0 Å². The molecule has 2 N–H and O–H groups in total. The topological polar surface area (TPSA) is 96.7 Å². The highest BCUT2D eigenvalue weighted by atomic mass is 16.5. The smallest absolute Gasteiger partial charge is 0.243 e. The highest BCUT2D eigenvalue weighted by molar-refractivity contribution is 5.84. The van der Waals surface area contributed by atoms with Gasteiger partial charge in [-0.15, -0.1) is 5.10 Å².